The number of aliphatic imine (C=N–C) groups is 1. The Balaban J connectivity index is 2.06. The molecular weight excluding hydrogens is 328 g/mol. The summed E-state index contributed by atoms with van der Waals surface area (Å²) in [5.74, 6) is 3.41. The van der Waals surface area contributed by atoms with E-state index >= 15 is 0 Å². The van der Waals surface area contributed by atoms with Crippen molar-refractivity contribution < 1.29 is 4.74 Å². The third-order valence-electron chi connectivity index (χ3n) is 4.19. The number of hydrogen-bond acceptors (Lipinski definition) is 4. The summed E-state index contributed by atoms with van der Waals surface area (Å²) in [6, 6.07) is 6.16. The van der Waals surface area contributed by atoms with Crippen LogP contribution in [-0.4, -0.2) is 34.4 Å². The molecule has 0 bridgehead atoms. The fraction of sp³-hybridized carbons (Fsp3) is 0.526. The second-order valence-corrected chi connectivity index (χ2v) is 6.38. The van der Waals surface area contributed by atoms with Gasteiger partial charge in [-0.25, -0.2) is 4.99 Å². The smallest absolute Gasteiger partial charge is 0.191 e. The van der Waals surface area contributed by atoms with Crippen LogP contribution in [0.25, 0.3) is 0 Å². The third kappa shape index (κ3) is 5.75. The van der Waals surface area contributed by atoms with E-state index in [9.17, 15) is 0 Å². The van der Waals surface area contributed by atoms with Gasteiger partial charge in [-0.2, -0.15) is 0 Å². The molecule has 2 rings (SSSR count). The van der Waals surface area contributed by atoms with Crippen molar-refractivity contribution in [2.75, 3.05) is 13.7 Å². The summed E-state index contributed by atoms with van der Waals surface area (Å²) in [7, 11) is 3.65. The predicted molar refractivity (Wildman–Crippen MR) is 104 cm³/mol. The van der Waals surface area contributed by atoms with Gasteiger partial charge in [0.05, 0.1) is 20.2 Å². The van der Waals surface area contributed by atoms with Crippen molar-refractivity contribution in [3.63, 3.8) is 0 Å². The van der Waals surface area contributed by atoms with E-state index in [4.69, 9.17) is 9.73 Å². The first-order valence-corrected chi connectivity index (χ1v) is 9.05. The molecule has 0 radical (unpaired) electrons. The summed E-state index contributed by atoms with van der Waals surface area (Å²) < 4.78 is 7.32. The van der Waals surface area contributed by atoms with Crippen molar-refractivity contribution >= 4 is 5.96 Å². The van der Waals surface area contributed by atoms with Gasteiger partial charge in [-0.1, -0.05) is 19.4 Å². The minimum Gasteiger partial charge on any atom is -0.497 e. The maximum Gasteiger partial charge on any atom is 0.191 e. The van der Waals surface area contributed by atoms with E-state index in [-0.39, 0.29) is 0 Å². The first-order chi connectivity index (χ1) is 12.5. The highest BCUT2D eigenvalue weighted by atomic mass is 16.5. The number of nitrogens with one attached hydrogen (secondary N) is 2. The minimum absolute atomic E-state index is 0.576. The molecule has 0 aliphatic heterocycles. The van der Waals surface area contributed by atoms with Crippen LogP contribution in [-0.2, 0) is 20.1 Å². The number of aryl methyl sites for hydroxylation is 2. The fourth-order valence-electron chi connectivity index (χ4n) is 2.53. The quantitative estimate of drug-likeness (QED) is 0.431. The zero-order valence-electron chi connectivity index (χ0n) is 16.5. The molecule has 2 N–H and O–H groups in total. The minimum atomic E-state index is 0.576. The first-order valence-electron chi connectivity index (χ1n) is 9.05. The Morgan fingerprint density at radius 1 is 1.19 bits per heavy atom. The lowest BCUT2D eigenvalue weighted by Crippen LogP contribution is -2.38. The lowest BCUT2D eigenvalue weighted by molar-refractivity contribution is 0.414. The Morgan fingerprint density at radius 3 is 2.65 bits per heavy atom. The number of hydrogen-bond donors (Lipinski definition) is 2. The van der Waals surface area contributed by atoms with Crippen LogP contribution in [0.4, 0.5) is 0 Å². The number of ether oxygens (including phenoxy) is 1. The lowest BCUT2D eigenvalue weighted by Gasteiger charge is -2.12. The highest BCUT2D eigenvalue weighted by Crippen LogP contribution is 2.17. The molecule has 0 fully saturated rings. The molecule has 1 aromatic heterocycles. The molecule has 1 heterocycles. The molecule has 0 spiro atoms. The van der Waals surface area contributed by atoms with E-state index in [0.717, 1.165) is 53.9 Å². The molecule has 26 heavy (non-hydrogen) atoms. The van der Waals surface area contributed by atoms with E-state index in [1.165, 1.54) is 0 Å². The van der Waals surface area contributed by atoms with Gasteiger partial charge in [-0.15, -0.1) is 10.2 Å². The van der Waals surface area contributed by atoms with Crippen molar-refractivity contribution in [2.24, 2.45) is 12.0 Å². The van der Waals surface area contributed by atoms with Crippen molar-refractivity contribution in [3.8, 4) is 5.75 Å². The normalized spacial score (nSPS) is 11.5. The number of benzene rings is 1. The number of rotatable bonds is 8. The van der Waals surface area contributed by atoms with Crippen LogP contribution in [0.1, 0.15) is 42.5 Å². The van der Waals surface area contributed by atoms with Gasteiger partial charge in [0.2, 0.25) is 0 Å². The number of guanidine groups is 1. The Labute approximate surface area is 155 Å². The van der Waals surface area contributed by atoms with E-state index in [1.54, 1.807) is 7.11 Å². The average Bonchev–Trinajstić information content (AvgIpc) is 2.95. The van der Waals surface area contributed by atoms with Crippen LogP contribution in [0.15, 0.2) is 23.2 Å². The SMILES string of the molecule is CCCCNC(=NCc1cc(C)cc(OC)c1)NCc1nnc(C)n1C. The highest BCUT2D eigenvalue weighted by Gasteiger charge is 2.06. The molecule has 0 amide bonds. The van der Waals surface area contributed by atoms with Crippen molar-refractivity contribution in [2.45, 2.75) is 46.7 Å². The molecule has 7 nitrogen and oxygen atoms in total. The maximum atomic E-state index is 5.35. The van der Waals surface area contributed by atoms with Crippen molar-refractivity contribution in [1.82, 2.24) is 25.4 Å². The molecule has 0 saturated carbocycles. The van der Waals surface area contributed by atoms with E-state index < -0.39 is 0 Å². The molecule has 0 aliphatic carbocycles. The summed E-state index contributed by atoms with van der Waals surface area (Å²) in [6.07, 6.45) is 2.24. The molecule has 0 aliphatic rings. The van der Waals surface area contributed by atoms with Crippen LogP contribution in [0.5, 0.6) is 5.75 Å². The van der Waals surface area contributed by atoms with Gasteiger partial charge < -0.3 is 19.9 Å². The second kappa shape index (κ2) is 9.79. The summed E-state index contributed by atoms with van der Waals surface area (Å²) in [5, 5.41) is 15.0. The monoisotopic (exact) mass is 358 g/mol. The Hall–Kier alpha value is -2.57. The Kier molecular flexibility index (Phi) is 7.44. The van der Waals surface area contributed by atoms with E-state index in [1.807, 2.05) is 30.7 Å². The molecule has 1 aromatic carbocycles. The molecule has 0 saturated heterocycles. The maximum absolute atomic E-state index is 5.35. The summed E-state index contributed by atoms with van der Waals surface area (Å²) in [5.41, 5.74) is 2.28. The molecule has 0 unspecified atom stereocenters. The molecule has 2 aromatic rings. The van der Waals surface area contributed by atoms with Gasteiger partial charge in [-0.05, 0) is 43.5 Å². The second-order valence-electron chi connectivity index (χ2n) is 6.38. The zero-order chi connectivity index (χ0) is 18.9. The Bertz CT molecular complexity index is 738. The summed E-state index contributed by atoms with van der Waals surface area (Å²) >= 11 is 0. The van der Waals surface area contributed by atoms with Gasteiger partial charge in [0, 0.05) is 13.6 Å². The standard InChI is InChI=1S/C19H30N6O/c1-6-7-8-20-19(22-13-18-24-23-15(3)25(18)4)21-12-16-9-14(2)10-17(11-16)26-5/h9-11H,6-8,12-13H2,1-5H3,(H2,20,21,22). The highest BCUT2D eigenvalue weighted by molar-refractivity contribution is 5.79. The van der Waals surface area contributed by atoms with Gasteiger partial charge in [-0.3, -0.25) is 0 Å². The van der Waals surface area contributed by atoms with Crippen LogP contribution in [0.2, 0.25) is 0 Å². The van der Waals surface area contributed by atoms with Crippen LogP contribution in [0.3, 0.4) is 0 Å². The fourth-order valence-corrected chi connectivity index (χ4v) is 2.53. The van der Waals surface area contributed by atoms with Gasteiger partial charge in [0.1, 0.15) is 11.6 Å². The van der Waals surface area contributed by atoms with E-state index in [2.05, 4.69) is 40.7 Å². The molecule has 0 atom stereocenters. The number of nitrogens with zero attached hydrogens (tertiary/aromatic N) is 4. The lowest BCUT2D eigenvalue weighted by atomic mass is 10.1. The topological polar surface area (TPSA) is 76.4 Å². The number of unbranched alkanes of at least 4 members (excludes halogenated alkanes) is 1. The predicted octanol–water partition coefficient (Wildman–Crippen LogP) is 2.48. The van der Waals surface area contributed by atoms with E-state index in [0.29, 0.717) is 13.1 Å². The number of methoxy groups -OCH3 is 1. The first kappa shape index (κ1) is 19.8. The van der Waals surface area contributed by atoms with Crippen LogP contribution < -0.4 is 15.4 Å². The Morgan fingerprint density at radius 2 is 2.00 bits per heavy atom. The molecular formula is C19H30N6O. The average molecular weight is 358 g/mol. The number of aromatic nitrogens is 3. The van der Waals surface area contributed by atoms with Crippen LogP contribution in [0, 0.1) is 13.8 Å². The van der Waals surface area contributed by atoms with Crippen molar-refractivity contribution in [3.05, 3.63) is 41.0 Å². The third-order valence-corrected chi connectivity index (χ3v) is 4.19. The van der Waals surface area contributed by atoms with Gasteiger partial charge >= 0.3 is 0 Å². The zero-order valence-corrected chi connectivity index (χ0v) is 16.5. The van der Waals surface area contributed by atoms with Gasteiger partial charge in [0.25, 0.3) is 0 Å². The van der Waals surface area contributed by atoms with Crippen LogP contribution >= 0.6 is 0 Å². The summed E-state index contributed by atoms with van der Waals surface area (Å²) in [6.45, 7) is 8.22. The van der Waals surface area contributed by atoms with Gasteiger partial charge in [0.15, 0.2) is 11.8 Å². The molecule has 7 heteroatoms. The summed E-state index contributed by atoms with van der Waals surface area (Å²) in [4.78, 5) is 4.72. The van der Waals surface area contributed by atoms with Crippen molar-refractivity contribution in [1.29, 1.82) is 0 Å². The largest absolute Gasteiger partial charge is 0.497 e. The molecule has 142 valence electrons.